The van der Waals surface area contributed by atoms with Gasteiger partial charge in [0.25, 0.3) is 0 Å². The fourth-order valence-electron chi connectivity index (χ4n) is 2.80. The first kappa shape index (κ1) is 12.1. The number of aldehydes is 1. The molecule has 2 aliphatic rings. The molecule has 0 aliphatic carbocycles. The van der Waals surface area contributed by atoms with Crippen molar-refractivity contribution in [3.05, 3.63) is 0 Å². The van der Waals surface area contributed by atoms with Gasteiger partial charge in [0, 0.05) is 20.0 Å². The summed E-state index contributed by atoms with van der Waals surface area (Å²) in [5, 5.41) is 0. The molecule has 94 valence electrons. The highest BCUT2D eigenvalue weighted by Gasteiger charge is 2.38. The Morgan fingerprint density at radius 2 is 1.76 bits per heavy atom. The van der Waals surface area contributed by atoms with E-state index in [1.54, 1.807) is 9.80 Å². The van der Waals surface area contributed by atoms with Gasteiger partial charge in [0.1, 0.15) is 12.3 Å². The summed E-state index contributed by atoms with van der Waals surface area (Å²) >= 11 is 0. The van der Waals surface area contributed by atoms with Crippen molar-refractivity contribution in [3.8, 4) is 0 Å². The Morgan fingerprint density at radius 1 is 1.12 bits per heavy atom. The zero-order valence-electron chi connectivity index (χ0n) is 10.1. The van der Waals surface area contributed by atoms with Crippen LogP contribution in [0.4, 0.5) is 0 Å². The Morgan fingerprint density at radius 3 is 2.41 bits per heavy atom. The van der Waals surface area contributed by atoms with Crippen molar-refractivity contribution in [1.82, 2.24) is 9.80 Å². The van der Waals surface area contributed by atoms with Crippen LogP contribution in [0, 0.1) is 0 Å². The maximum absolute atomic E-state index is 12.3. The molecule has 2 amide bonds. The van der Waals surface area contributed by atoms with Crippen LogP contribution >= 0.6 is 0 Å². The molecule has 5 heteroatoms. The number of hydrogen-bond donors (Lipinski definition) is 0. The minimum Gasteiger partial charge on any atom is -0.331 e. The monoisotopic (exact) mass is 238 g/mol. The second-order valence-electron chi connectivity index (χ2n) is 4.75. The maximum Gasteiger partial charge on any atom is 0.245 e. The first-order chi connectivity index (χ1) is 8.15. The van der Waals surface area contributed by atoms with E-state index in [1.165, 1.54) is 6.92 Å². The van der Waals surface area contributed by atoms with Gasteiger partial charge in [-0.05, 0) is 25.7 Å². The molecular formula is C12H18N2O3. The molecule has 0 N–H and O–H groups in total. The minimum atomic E-state index is -0.340. The fraction of sp³-hybridized carbons (Fsp3) is 0.750. The van der Waals surface area contributed by atoms with Gasteiger partial charge >= 0.3 is 0 Å². The predicted molar refractivity (Wildman–Crippen MR) is 61.2 cm³/mol. The zero-order valence-corrected chi connectivity index (χ0v) is 10.1. The van der Waals surface area contributed by atoms with Crippen LogP contribution in [0.5, 0.6) is 0 Å². The molecule has 0 aromatic rings. The lowest BCUT2D eigenvalue weighted by Crippen LogP contribution is -2.49. The fourth-order valence-corrected chi connectivity index (χ4v) is 2.80. The van der Waals surface area contributed by atoms with Gasteiger partial charge in [-0.25, -0.2) is 0 Å². The van der Waals surface area contributed by atoms with Crippen LogP contribution in [0.2, 0.25) is 0 Å². The van der Waals surface area contributed by atoms with Gasteiger partial charge in [0.15, 0.2) is 0 Å². The highest BCUT2D eigenvalue weighted by Crippen LogP contribution is 2.23. The minimum absolute atomic E-state index is 0.0488. The molecule has 2 aliphatic heterocycles. The number of carbonyl (C=O) groups is 3. The van der Waals surface area contributed by atoms with Crippen molar-refractivity contribution in [2.45, 2.75) is 44.7 Å². The van der Waals surface area contributed by atoms with Gasteiger partial charge in [0.2, 0.25) is 11.8 Å². The molecule has 0 bridgehead atoms. The number of rotatable bonds is 2. The van der Waals surface area contributed by atoms with Crippen molar-refractivity contribution in [1.29, 1.82) is 0 Å². The topological polar surface area (TPSA) is 57.7 Å². The van der Waals surface area contributed by atoms with Crippen LogP contribution in [0.3, 0.4) is 0 Å². The van der Waals surface area contributed by atoms with E-state index in [4.69, 9.17) is 0 Å². The van der Waals surface area contributed by atoms with Gasteiger partial charge in [-0.15, -0.1) is 0 Å². The van der Waals surface area contributed by atoms with E-state index in [2.05, 4.69) is 0 Å². The van der Waals surface area contributed by atoms with E-state index >= 15 is 0 Å². The highest BCUT2D eigenvalue weighted by atomic mass is 16.2. The van der Waals surface area contributed by atoms with Crippen LogP contribution in [0.1, 0.15) is 32.6 Å². The highest BCUT2D eigenvalue weighted by molar-refractivity contribution is 5.89. The van der Waals surface area contributed by atoms with Crippen LogP contribution in [0.25, 0.3) is 0 Å². The van der Waals surface area contributed by atoms with Crippen LogP contribution < -0.4 is 0 Å². The van der Waals surface area contributed by atoms with E-state index in [-0.39, 0.29) is 23.9 Å². The standard InChI is InChI=1S/C12H18N2O3/c1-9(16)13-6-3-5-11(13)12(17)14-7-2-4-10(14)8-15/h8,10-11H,2-7H2,1H3/t10-,11-/m0/s1. The molecule has 2 heterocycles. The van der Waals surface area contributed by atoms with E-state index in [0.717, 1.165) is 32.0 Å². The van der Waals surface area contributed by atoms with E-state index in [1.807, 2.05) is 0 Å². The molecule has 0 aromatic carbocycles. The molecule has 2 fully saturated rings. The maximum atomic E-state index is 12.3. The summed E-state index contributed by atoms with van der Waals surface area (Å²) in [5.74, 6) is -0.102. The lowest BCUT2D eigenvalue weighted by atomic mass is 10.1. The molecule has 5 nitrogen and oxygen atoms in total. The molecule has 0 saturated carbocycles. The lowest BCUT2D eigenvalue weighted by molar-refractivity contribution is -0.144. The summed E-state index contributed by atoms with van der Waals surface area (Å²) in [6.45, 7) is 2.79. The number of carbonyl (C=O) groups excluding carboxylic acids is 3. The average molecular weight is 238 g/mol. The molecule has 0 unspecified atom stereocenters. The van der Waals surface area contributed by atoms with Gasteiger partial charge in [-0.3, -0.25) is 9.59 Å². The van der Waals surface area contributed by atoms with Gasteiger partial charge in [0.05, 0.1) is 6.04 Å². The predicted octanol–water partition coefficient (Wildman–Crippen LogP) is 0.187. The molecule has 2 atom stereocenters. The van der Waals surface area contributed by atoms with Crippen molar-refractivity contribution in [2.24, 2.45) is 0 Å². The van der Waals surface area contributed by atoms with E-state index in [9.17, 15) is 14.4 Å². The molecular weight excluding hydrogens is 220 g/mol. The Kier molecular flexibility index (Phi) is 3.45. The molecule has 0 spiro atoms. The third-order valence-corrected chi connectivity index (χ3v) is 3.68. The van der Waals surface area contributed by atoms with Gasteiger partial charge < -0.3 is 14.6 Å². The van der Waals surface area contributed by atoms with Crippen molar-refractivity contribution < 1.29 is 14.4 Å². The summed E-state index contributed by atoms with van der Waals surface area (Å²) < 4.78 is 0. The smallest absolute Gasteiger partial charge is 0.245 e. The summed E-state index contributed by atoms with van der Waals surface area (Å²) in [7, 11) is 0. The summed E-state index contributed by atoms with van der Waals surface area (Å²) in [4.78, 5) is 37.9. The Labute approximate surface area is 101 Å². The summed E-state index contributed by atoms with van der Waals surface area (Å²) in [6.07, 6.45) is 4.07. The molecule has 0 aromatic heterocycles. The van der Waals surface area contributed by atoms with Crippen molar-refractivity contribution in [2.75, 3.05) is 13.1 Å². The van der Waals surface area contributed by atoms with E-state index in [0.29, 0.717) is 13.1 Å². The zero-order chi connectivity index (χ0) is 12.4. The largest absolute Gasteiger partial charge is 0.331 e. The average Bonchev–Trinajstić information content (AvgIpc) is 2.96. The summed E-state index contributed by atoms with van der Waals surface area (Å²) in [5.41, 5.74) is 0. The molecule has 0 radical (unpaired) electrons. The number of likely N-dealkylation sites (tertiary alicyclic amines) is 2. The normalized spacial score (nSPS) is 28.5. The van der Waals surface area contributed by atoms with Crippen molar-refractivity contribution in [3.63, 3.8) is 0 Å². The third-order valence-electron chi connectivity index (χ3n) is 3.68. The number of hydrogen-bond acceptors (Lipinski definition) is 3. The first-order valence-electron chi connectivity index (χ1n) is 6.18. The Hall–Kier alpha value is -1.39. The van der Waals surface area contributed by atoms with Gasteiger partial charge in [-0.2, -0.15) is 0 Å². The van der Waals surface area contributed by atoms with Crippen LogP contribution in [0.15, 0.2) is 0 Å². The Bertz CT molecular complexity index is 343. The number of amides is 2. The van der Waals surface area contributed by atoms with Crippen molar-refractivity contribution >= 4 is 18.1 Å². The number of nitrogens with zero attached hydrogens (tertiary/aromatic N) is 2. The third kappa shape index (κ3) is 2.18. The molecule has 2 rings (SSSR count). The Balaban J connectivity index is 2.08. The van der Waals surface area contributed by atoms with E-state index < -0.39 is 0 Å². The second-order valence-corrected chi connectivity index (χ2v) is 4.75. The lowest BCUT2D eigenvalue weighted by Gasteiger charge is -2.29. The first-order valence-corrected chi connectivity index (χ1v) is 6.18. The molecule has 2 saturated heterocycles. The van der Waals surface area contributed by atoms with Crippen LogP contribution in [-0.2, 0) is 14.4 Å². The molecule has 17 heavy (non-hydrogen) atoms. The second kappa shape index (κ2) is 4.85. The van der Waals surface area contributed by atoms with Crippen LogP contribution in [-0.4, -0.2) is 53.1 Å². The SMILES string of the molecule is CC(=O)N1CCC[C@H]1C(=O)N1CCC[C@H]1C=O. The summed E-state index contributed by atoms with van der Waals surface area (Å²) in [6, 6.07) is -0.620. The quantitative estimate of drug-likeness (QED) is 0.645. The van der Waals surface area contributed by atoms with Gasteiger partial charge in [-0.1, -0.05) is 0 Å².